The van der Waals surface area contributed by atoms with Crippen molar-refractivity contribution >= 4 is 11.6 Å². The molecule has 3 nitrogen and oxygen atoms in total. The first kappa shape index (κ1) is 10.5. The Bertz CT molecular complexity index is 423. The molecule has 70 valence electrons. The fourth-order valence-corrected chi connectivity index (χ4v) is 0.977. The molecule has 0 fully saturated rings. The largest absolute Gasteiger partial charge is 0.330 e. The van der Waals surface area contributed by atoms with Crippen molar-refractivity contribution in [2.75, 3.05) is 6.54 Å². The van der Waals surface area contributed by atoms with Crippen LogP contribution in [-0.4, -0.2) is 11.5 Å². The second-order valence-corrected chi connectivity index (χ2v) is 2.87. The van der Waals surface area contributed by atoms with E-state index in [2.05, 4.69) is 16.8 Å². The predicted octanol–water partition coefficient (Wildman–Crippen LogP) is 1.31. The Kier molecular flexibility index (Phi) is 3.94. The van der Waals surface area contributed by atoms with Crippen molar-refractivity contribution in [3.05, 3.63) is 28.5 Å². The van der Waals surface area contributed by atoms with Crippen LogP contribution in [0.4, 0.5) is 0 Å². The van der Waals surface area contributed by atoms with Crippen LogP contribution in [0.5, 0.6) is 0 Å². The molecule has 0 aromatic carbocycles. The Morgan fingerprint density at radius 1 is 1.57 bits per heavy atom. The molecule has 0 spiro atoms. The lowest BCUT2D eigenvalue weighted by Gasteiger charge is -1.94. The summed E-state index contributed by atoms with van der Waals surface area (Å²) >= 11 is 5.78. The average Bonchev–Trinajstić information content (AvgIpc) is 2.21. The number of halogens is 1. The van der Waals surface area contributed by atoms with E-state index >= 15 is 0 Å². The third-order valence-electron chi connectivity index (χ3n) is 1.46. The maximum Gasteiger partial charge on any atom is 0.144 e. The van der Waals surface area contributed by atoms with Gasteiger partial charge in [-0.25, -0.2) is 4.98 Å². The predicted molar refractivity (Wildman–Crippen MR) is 54.5 cm³/mol. The van der Waals surface area contributed by atoms with Crippen LogP contribution in [0, 0.1) is 23.2 Å². The molecular formula is C10H8ClN3. The lowest BCUT2D eigenvalue weighted by atomic mass is 10.2. The van der Waals surface area contributed by atoms with Gasteiger partial charge in [0, 0.05) is 19.2 Å². The van der Waals surface area contributed by atoms with Crippen molar-refractivity contribution in [2.45, 2.75) is 6.42 Å². The van der Waals surface area contributed by atoms with Crippen LogP contribution in [0.1, 0.15) is 17.5 Å². The first-order valence-corrected chi connectivity index (χ1v) is 4.40. The van der Waals surface area contributed by atoms with E-state index in [-0.39, 0.29) is 0 Å². The fraction of sp³-hybridized carbons (Fsp3) is 0.200. The summed E-state index contributed by atoms with van der Waals surface area (Å²) < 4.78 is 0. The van der Waals surface area contributed by atoms with Crippen molar-refractivity contribution in [1.82, 2.24) is 4.98 Å². The summed E-state index contributed by atoms with van der Waals surface area (Å²) in [5.74, 6) is 5.65. The third-order valence-corrected chi connectivity index (χ3v) is 1.76. The van der Waals surface area contributed by atoms with E-state index < -0.39 is 0 Å². The van der Waals surface area contributed by atoms with Gasteiger partial charge < -0.3 is 5.73 Å². The minimum Gasteiger partial charge on any atom is -0.330 e. The van der Waals surface area contributed by atoms with E-state index in [1.807, 2.05) is 6.07 Å². The number of hydrogen-bond acceptors (Lipinski definition) is 3. The van der Waals surface area contributed by atoms with Gasteiger partial charge in [0.15, 0.2) is 0 Å². The van der Waals surface area contributed by atoms with Crippen LogP contribution in [0.2, 0.25) is 5.15 Å². The van der Waals surface area contributed by atoms with Crippen LogP contribution in [0.15, 0.2) is 12.3 Å². The summed E-state index contributed by atoms with van der Waals surface area (Å²) in [5, 5.41) is 8.94. The second kappa shape index (κ2) is 5.24. The van der Waals surface area contributed by atoms with Crippen molar-refractivity contribution in [1.29, 1.82) is 5.26 Å². The van der Waals surface area contributed by atoms with Gasteiger partial charge in [-0.3, -0.25) is 0 Å². The Morgan fingerprint density at radius 3 is 3.00 bits per heavy atom. The average molecular weight is 206 g/mol. The zero-order chi connectivity index (χ0) is 10.4. The highest BCUT2D eigenvalue weighted by atomic mass is 35.5. The normalized spacial score (nSPS) is 8.64. The summed E-state index contributed by atoms with van der Waals surface area (Å²) in [4.78, 5) is 3.84. The van der Waals surface area contributed by atoms with E-state index in [1.54, 1.807) is 6.07 Å². The maximum absolute atomic E-state index is 8.62. The van der Waals surface area contributed by atoms with E-state index in [4.69, 9.17) is 22.6 Å². The Hall–Kier alpha value is -1.55. The monoisotopic (exact) mass is 205 g/mol. The van der Waals surface area contributed by atoms with Crippen LogP contribution in [0.25, 0.3) is 0 Å². The van der Waals surface area contributed by atoms with Crippen molar-refractivity contribution in [3.63, 3.8) is 0 Å². The molecule has 14 heavy (non-hydrogen) atoms. The quantitative estimate of drug-likeness (QED) is 0.556. The lowest BCUT2D eigenvalue weighted by molar-refractivity contribution is 1.03. The molecule has 0 aliphatic heterocycles. The number of rotatable bonds is 1. The fourth-order valence-electron chi connectivity index (χ4n) is 0.827. The molecule has 0 atom stereocenters. The topological polar surface area (TPSA) is 62.7 Å². The SMILES string of the molecule is N#Cc1cnc(Cl)c(C#CCCN)c1. The van der Waals surface area contributed by atoms with E-state index in [1.165, 1.54) is 6.20 Å². The van der Waals surface area contributed by atoms with Crippen molar-refractivity contribution in [2.24, 2.45) is 5.73 Å². The van der Waals surface area contributed by atoms with Gasteiger partial charge in [0.05, 0.1) is 11.1 Å². The molecule has 1 aromatic heterocycles. The molecule has 2 N–H and O–H groups in total. The molecule has 0 amide bonds. The number of nitriles is 1. The summed E-state index contributed by atoms with van der Waals surface area (Å²) in [6.45, 7) is 0.510. The second-order valence-electron chi connectivity index (χ2n) is 2.51. The highest BCUT2D eigenvalue weighted by Gasteiger charge is 1.99. The molecule has 1 rings (SSSR count). The highest BCUT2D eigenvalue weighted by molar-refractivity contribution is 6.30. The summed E-state index contributed by atoms with van der Waals surface area (Å²) in [7, 11) is 0. The minimum absolute atomic E-state index is 0.313. The Balaban J connectivity index is 2.98. The molecular weight excluding hydrogens is 198 g/mol. The smallest absolute Gasteiger partial charge is 0.144 e. The summed E-state index contributed by atoms with van der Waals surface area (Å²) in [6, 6.07) is 3.58. The number of hydrogen-bond donors (Lipinski definition) is 1. The van der Waals surface area contributed by atoms with Gasteiger partial charge in [-0.05, 0) is 6.07 Å². The lowest BCUT2D eigenvalue weighted by Crippen LogP contribution is -1.95. The van der Waals surface area contributed by atoms with Gasteiger partial charge in [-0.15, -0.1) is 0 Å². The van der Waals surface area contributed by atoms with Crippen molar-refractivity contribution in [3.8, 4) is 17.9 Å². The summed E-state index contributed by atoms with van der Waals surface area (Å²) in [5.41, 5.74) is 6.30. The first-order chi connectivity index (χ1) is 6.77. The maximum atomic E-state index is 8.62. The van der Waals surface area contributed by atoms with Gasteiger partial charge in [0.2, 0.25) is 0 Å². The van der Waals surface area contributed by atoms with Gasteiger partial charge in [0.1, 0.15) is 11.2 Å². The number of nitrogens with two attached hydrogens (primary N) is 1. The minimum atomic E-state index is 0.313. The van der Waals surface area contributed by atoms with Crippen LogP contribution in [-0.2, 0) is 0 Å². The Labute approximate surface area is 87.5 Å². The number of aromatic nitrogens is 1. The van der Waals surface area contributed by atoms with Crippen LogP contribution in [0.3, 0.4) is 0 Å². The zero-order valence-electron chi connectivity index (χ0n) is 7.42. The first-order valence-electron chi connectivity index (χ1n) is 4.02. The molecule has 1 aromatic rings. The molecule has 0 unspecified atom stereocenters. The molecule has 0 aliphatic rings. The van der Waals surface area contributed by atoms with Gasteiger partial charge in [-0.1, -0.05) is 23.4 Å². The van der Waals surface area contributed by atoms with E-state index in [0.717, 1.165) is 0 Å². The van der Waals surface area contributed by atoms with E-state index in [9.17, 15) is 0 Å². The van der Waals surface area contributed by atoms with Gasteiger partial charge in [0.25, 0.3) is 0 Å². The third kappa shape index (κ3) is 2.74. The molecule has 0 bridgehead atoms. The highest BCUT2D eigenvalue weighted by Crippen LogP contribution is 2.12. The number of nitrogens with zero attached hydrogens (tertiary/aromatic N) is 2. The van der Waals surface area contributed by atoms with Gasteiger partial charge in [-0.2, -0.15) is 5.26 Å². The van der Waals surface area contributed by atoms with Crippen LogP contribution >= 0.6 is 11.6 Å². The van der Waals surface area contributed by atoms with Crippen LogP contribution < -0.4 is 5.73 Å². The summed E-state index contributed by atoms with van der Waals surface area (Å²) in [6.07, 6.45) is 2.02. The van der Waals surface area contributed by atoms with Gasteiger partial charge >= 0.3 is 0 Å². The number of pyridine rings is 1. The zero-order valence-corrected chi connectivity index (χ0v) is 8.17. The van der Waals surface area contributed by atoms with E-state index in [0.29, 0.717) is 29.2 Å². The Morgan fingerprint density at radius 2 is 2.36 bits per heavy atom. The molecule has 0 saturated heterocycles. The molecule has 0 radical (unpaired) electrons. The standard InChI is InChI=1S/C10H8ClN3/c11-10-9(3-1-2-4-12)5-8(6-13)7-14-10/h5,7H,2,4,12H2. The molecule has 4 heteroatoms. The van der Waals surface area contributed by atoms with Crippen molar-refractivity contribution < 1.29 is 0 Å². The molecule has 0 aliphatic carbocycles. The molecule has 1 heterocycles. The molecule has 0 saturated carbocycles.